The molecule has 14 heteroatoms. The van der Waals surface area contributed by atoms with Crippen LogP contribution in [0.4, 0.5) is 0 Å². The van der Waals surface area contributed by atoms with Crippen molar-refractivity contribution in [1.82, 2.24) is 0 Å². The molecule has 1 aromatic carbocycles. The number of nitrogens with two attached hydrogens (primary N) is 1. The summed E-state index contributed by atoms with van der Waals surface area (Å²) in [6.07, 6.45) is -4.79. The summed E-state index contributed by atoms with van der Waals surface area (Å²) in [6, 6.07) is 9.50. The van der Waals surface area contributed by atoms with E-state index in [1.807, 2.05) is 30.3 Å². The Morgan fingerprint density at radius 2 is 1.62 bits per heavy atom. The van der Waals surface area contributed by atoms with Gasteiger partial charge in [-0.2, -0.15) is 0 Å². The molecule has 1 heterocycles. The Hall–Kier alpha value is -4.01. The van der Waals surface area contributed by atoms with Crippen LogP contribution in [0.2, 0.25) is 0 Å². The molecule has 0 spiro atoms. The molecule has 1 unspecified atom stereocenters. The molecule has 0 amide bonds. The van der Waals surface area contributed by atoms with E-state index in [-0.39, 0.29) is 24.7 Å². The first kappa shape index (κ1) is 34.2. The monoisotopic (exact) mass is 595 g/mol. The Balaban J connectivity index is 2.38. The van der Waals surface area contributed by atoms with Crippen molar-refractivity contribution in [2.45, 2.75) is 71.2 Å². The summed E-state index contributed by atoms with van der Waals surface area (Å²) < 4.78 is 43.5. The molecule has 1 aliphatic rings. The average molecular weight is 596 g/mol. The van der Waals surface area contributed by atoms with Gasteiger partial charge in [0, 0.05) is 34.3 Å². The lowest BCUT2D eigenvalue weighted by atomic mass is 9.97. The van der Waals surface area contributed by atoms with Crippen molar-refractivity contribution in [2.24, 2.45) is 5.73 Å². The van der Waals surface area contributed by atoms with E-state index in [9.17, 15) is 24.0 Å². The lowest BCUT2D eigenvalue weighted by molar-refractivity contribution is -0.281. The maximum atomic E-state index is 13.1. The molecule has 14 nitrogen and oxygen atoms in total. The SMILES string of the molecule is COC(=O)[C@@]1(OCCCOCc2ccccc2)CC(OC(C)=O)=C(N)C([C@H](OC(C)=O)[C@@H](COC(C)=O)OC(C)=O)O1. The second-order valence-corrected chi connectivity index (χ2v) is 9.20. The van der Waals surface area contributed by atoms with Gasteiger partial charge in [-0.15, -0.1) is 0 Å². The third-order valence-electron chi connectivity index (χ3n) is 5.72. The third kappa shape index (κ3) is 10.4. The fourth-order valence-corrected chi connectivity index (χ4v) is 4.01. The first-order chi connectivity index (χ1) is 19.9. The summed E-state index contributed by atoms with van der Waals surface area (Å²) in [4.78, 5) is 60.6. The molecule has 0 saturated carbocycles. The largest absolute Gasteiger partial charge is 0.465 e. The molecule has 0 bridgehead atoms. The van der Waals surface area contributed by atoms with Crippen LogP contribution in [-0.2, 0) is 68.5 Å². The molecule has 232 valence electrons. The van der Waals surface area contributed by atoms with Gasteiger partial charge in [-0.1, -0.05) is 30.3 Å². The fraction of sp³-hybridized carbons (Fsp3) is 0.536. The molecule has 0 radical (unpaired) electrons. The highest BCUT2D eigenvalue weighted by atomic mass is 16.7. The van der Waals surface area contributed by atoms with E-state index in [0.29, 0.717) is 13.0 Å². The Labute approximate surface area is 243 Å². The number of carbonyl (C=O) groups excluding carboxylic acids is 5. The number of carbonyl (C=O) groups is 5. The minimum Gasteiger partial charge on any atom is -0.465 e. The molecule has 1 aliphatic heterocycles. The van der Waals surface area contributed by atoms with Gasteiger partial charge >= 0.3 is 29.8 Å². The van der Waals surface area contributed by atoms with Crippen molar-refractivity contribution in [3.63, 3.8) is 0 Å². The number of hydrogen-bond donors (Lipinski definition) is 1. The van der Waals surface area contributed by atoms with Crippen LogP contribution in [0.3, 0.4) is 0 Å². The molecule has 0 saturated heterocycles. The van der Waals surface area contributed by atoms with Crippen molar-refractivity contribution < 1.29 is 61.9 Å². The van der Waals surface area contributed by atoms with Crippen LogP contribution in [0.25, 0.3) is 0 Å². The Bertz CT molecular complexity index is 1140. The Morgan fingerprint density at radius 3 is 2.19 bits per heavy atom. The van der Waals surface area contributed by atoms with Crippen LogP contribution in [0.15, 0.2) is 41.8 Å². The summed E-state index contributed by atoms with van der Waals surface area (Å²) in [5, 5.41) is 0. The molecule has 2 N–H and O–H groups in total. The summed E-state index contributed by atoms with van der Waals surface area (Å²) in [7, 11) is 1.09. The Morgan fingerprint density at radius 1 is 0.952 bits per heavy atom. The van der Waals surface area contributed by atoms with Crippen LogP contribution >= 0.6 is 0 Å². The molecule has 2 rings (SSSR count). The lowest BCUT2D eigenvalue weighted by Crippen LogP contribution is -2.58. The highest BCUT2D eigenvalue weighted by Gasteiger charge is 2.54. The zero-order valence-corrected chi connectivity index (χ0v) is 24.2. The smallest absolute Gasteiger partial charge is 0.367 e. The number of esters is 5. The van der Waals surface area contributed by atoms with E-state index in [1.54, 1.807) is 0 Å². The second kappa shape index (κ2) is 16.4. The molecule has 0 aromatic heterocycles. The number of methoxy groups -OCH3 is 1. The highest BCUT2D eigenvalue weighted by Crippen LogP contribution is 2.37. The van der Waals surface area contributed by atoms with Crippen molar-refractivity contribution >= 4 is 29.8 Å². The van der Waals surface area contributed by atoms with Crippen LogP contribution in [0, 0.1) is 0 Å². The maximum absolute atomic E-state index is 13.1. The predicted octanol–water partition coefficient (Wildman–Crippen LogP) is 1.43. The van der Waals surface area contributed by atoms with E-state index in [4.69, 9.17) is 43.6 Å². The summed E-state index contributed by atoms with van der Waals surface area (Å²) in [5.74, 6) is -6.62. The zero-order valence-electron chi connectivity index (χ0n) is 24.2. The Kier molecular flexibility index (Phi) is 13.4. The molecular weight excluding hydrogens is 558 g/mol. The van der Waals surface area contributed by atoms with Crippen LogP contribution < -0.4 is 5.73 Å². The van der Waals surface area contributed by atoms with Gasteiger partial charge in [-0.3, -0.25) is 19.2 Å². The van der Waals surface area contributed by atoms with Crippen molar-refractivity contribution in [3.8, 4) is 0 Å². The van der Waals surface area contributed by atoms with Gasteiger partial charge in [0.15, 0.2) is 12.2 Å². The molecule has 1 aromatic rings. The van der Waals surface area contributed by atoms with Crippen LogP contribution in [0.1, 0.15) is 46.1 Å². The number of benzene rings is 1. The zero-order chi connectivity index (χ0) is 31.3. The van der Waals surface area contributed by atoms with Crippen molar-refractivity contribution in [2.75, 3.05) is 26.9 Å². The predicted molar refractivity (Wildman–Crippen MR) is 142 cm³/mol. The number of rotatable bonds is 15. The maximum Gasteiger partial charge on any atom is 0.367 e. The van der Waals surface area contributed by atoms with E-state index in [0.717, 1.165) is 40.4 Å². The van der Waals surface area contributed by atoms with Crippen LogP contribution in [0.5, 0.6) is 0 Å². The molecule has 0 fully saturated rings. The van der Waals surface area contributed by atoms with E-state index in [1.165, 1.54) is 0 Å². The quantitative estimate of drug-likeness (QED) is 0.174. The standard InChI is InChI=1S/C28H37NO13/c1-17(30)37-16-23(40-19(3)32)25(41-20(4)33)26-24(29)22(39-18(2)31)14-28(42-26,27(34)35-5)38-13-9-12-36-15-21-10-7-6-8-11-21/h6-8,10-11,23,25-26H,9,12-16,29H2,1-5H3/t23-,25-,26?,28-/m1/s1. The second-order valence-electron chi connectivity index (χ2n) is 9.20. The highest BCUT2D eigenvalue weighted by molar-refractivity contribution is 5.79. The van der Waals surface area contributed by atoms with Gasteiger partial charge in [-0.05, 0) is 12.0 Å². The first-order valence-electron chi connectivity index (χ1n) is 13.0. The summed E-state index contributed by atoms with van der Waals surface area (Å²) >= 11 is 0. The van der Waals surface area contributed by atoms with E-state index < -0.39 is 67.0 Å². The minimum absolute atomic E-state index is 0.0804. The summed E-state index contributed by atoms with van der Waals surface area (Å²) in [5.41, 5.74) is 7.01. The number of ether oxygens (including phenoxy) is 8. The molecule has 42 heavy (non-hydrogen) atoms. The van der Waals surface area contributed by atoms with Crippen molar-refractivity contribution in [3.05, 3.63) is 47.4 Å². The van der Waals surface area contributed by atoms with Crippen LogP contribution in [-0.4, -0.2) is 80.9 Å². The molecule has 0 aliphatic carbocycles. The van der Waals surface area contributed by atoms with Gasteiger partial charge in [0.25, 0.3) is 5.79 Å². The normalized spacial score (nSPS) is 19.7. The average Bonchev–Trinajstić information content (AvgIpc) is 2.92. The summed E-state index contributed by atoms with van der Waals surface area (Å²) in [6.45, 7) is 4.36. The minimum atomic E-state index is -2.23. The van der Waals surface area contributed by atoms with Gasteiger partial charge in [0.05, 0.1) is 32.4 Å². The van der Waals surface area contributed by atoms with E-state index >= 15 is 0 Å². The van der Waals surface area contributed by atoms with Gasteiger partial charge in [-0.25, -0.2) is 4.79 Å². The topological polar surface area (TPSA) is 185 Å². The van der Waals surface area contributed by atoms with Gasteiger partial charge in [0.2, 0.25) is 0 Å². The molecular formula is C28H37NO13. The fourth-order valence-electron chi connectivity index (χ4n) is 4.01. The lowest BCUT2D eigenvalue weighted by Gasteiger charge is -2.42. The third-order valence-corrected chi connectivity index (χ3v) is 5.72. The van der Waals surface area contributed by atoms with Gasteiger partial charge < -0.3 is 43.6 Å². The van der Waals surface area contributed by atoms with Crippen molar-refractivity contribution in [1.29, 1.82) is 0 Å². The molecule has 4 atom stereocenters. The van der Waals surface area contributed by atoms with Gasteiger partial charge in [0.1, 0.15) is 18.5 Å². The number of hydrogen-bond acceptors (Lipinski definition) is 14. The van der Waals surface area contributed by atoms with E-state index in [2.05, 4.69) is 0 Å². The first-order valence-corrected chi connectivity index (χ1v) is 13.0.